The Balaban J connectivity index is 1.65. The molecule has 13 heteroatoms. The van der Waals surface area contributed by atoms with Crippen LogP contribution in [0.1, 0.15) is 0 Å². The number of sulfone groups is 1. The van der Waals surface area contributed by atoms with Crippen LogP contribution in [0.25, 0.3) is 11.5 Å². The van der Waals surface area contributed by atoms with Crippen molar-refractivity contribution in [1.82, 2.24) is 9.97 Å². The first kappa shape index (κ1) is 26.8. The van der Waals surface area contributed by atoms with Crippen molar-refractivity contribution in [3.8, 4) is 23.0 Å². The van der Waals surface area contributed by atoms with E-state index in [1.54, 1.807) is 24.3 Å². The van der Waals surface area contributed by atoms with Crippen molar-refractivity contribution in [2.45, 2.75) is 15.0 Å². The number of nitrogens with one attached hydrogen (secondary N) is 1. The number of hydrogen-bond acceptors (Lipinski definition) is 9. The van der Waals surface area contributed by atoms with Gasteiger partial charge in [-0.2, -0.15) is 4.98 Å². The molecule has 0 aliphatic carbocycles. The highest BCUT2D eigenvalue weighted by Gasteiger charge is 2.29. The topological polar surface area (TPSA) is 121 Å². The van der Waals surface area contributed by atoms with E-state index in [0.29, 0.717) is 22.1 Å². The lowest BCUT2D eigenvalue weighted by Crippen LogP contribution is -2.15. The molecule has 1 amide bonds. The number of oxazole rings is 1. The minimum absolute atomic E-state index is 0.00803. The number of thioether (sulfide) groups is 1. The smallest absolute Gasteiger partial charge is 0.236 e. The van der Waals surface area contributed by atoms with Crippen molar-refractivity contribution in [3.05, 3.63) is 70.8 Å². The van der Waals surface area contributed by atoms with Crippen LogP contribution in [0.3, 0.4) is 0 Å². The predicted molar refractivity (Wildman–Crippen MR) is 141 cm³/mol. The Morgan fingerprint density at radius 2 is 1.65 bits per heavy atom. The summed E-state index contributed by atoms with van der Waals surface area (Å²) < 4.78 is 43.1. The fraction of sp³-hybridized carbons (Fsp3) is 0.125. The van der Waals surface area contributed by atoms with Crippen LogP contribution in [-0.4, -0.2) is 44.3 Å². The number of carbonyl (C=O) groups is 1. The quantitative estimate of drug-likeness (QED) is 0.251. The Labute approximate surface area is 227 Å². The van der Waals surface area contributed by atoms with Crippen LogP contribution in [0.2, 0.25) is 10.0 Å². The zero-order chi connectivity index (χ0) is 26.6. The Morgan fingerprint density at radius 1 is 1.03 bits per heavy atom. The van der Waals surface area contributed by atoms with Crippen LogP contribution in [0.4, 0.5) is 5.82 Å². The average molecular weight is 580 g/mol. The number of nitrogens with zero attached hydrogens (tertiary/aromatic N) is 2. The highest BCUT2D eigenvalue weighted by atomic mass is 35.5. The molecule has 0 unspecified atom stereocenters. The predicted octanol–water partition coefficient (Wildman–Crippen LogP) is 5.62. The molecule has 4 aromatic rings. The summed E-state index contributed by atoms with van der Waals surface area (Å²) in [6, 6.07) is 14.1. The molecule has 0 aliphatic rings. The van der Waals surface area contributed by atoms with Gasteiger partial charge >= 0.3 is 0 Å². The van der Waals surface area contributed by atoms with E-state index in [1.807, 2.05) is 0 Å². The molecule has 4 rings (SSSR count). The summed E-state index contributed by atoms with van der Waals surface area (Å²) >= 11 is 12.8. The first-order chi connectivity index (χ1) is 17.7. The van der Waals surface area contributed by atoms with Crippen LogP contribution >= 0.6 is 35.0 Å². The van der Waals surface area contributed by atoms with Crippen molar-refractivity contribution in [2.24, 2.45) is 0 Å². The molecule has 0 aliphatic heterocycles. The summed E-state index contributed by atoms with van der Waals surface area (Å²) in [4.78, 5) is 20.8. The van der Waals surface area contributed by atoms with Crippen LogP contribution < -0.4 is 14.8 Å². The molecule has 0 atom stereocenters. The standard InChI is InChI=1S/C24H19Cl2N3O6S2/c1-33-16-5-3-14(4-6-16)22-29-23(37(31,32)18-9-7-17(34-2)8-10-18)24(35-22)36-13-20(30)28-21-19(26)11-15(25)12-27-21/h3-12H,13H2,1-2H3,(H,27,28,30). The zero-order valence-corrected chi connectivity index (χ0v) is 22.5. The van der Waals surface area contributed by atoms with Gasteiger partial charge in [0.15, 0.2) is 5.82 Å². The third kappa shape index (κ3) is 6.19. The van der Waals surface area contributed by atoms with Gasteiger partial charge in [0.1, 0.15) is 11.5 Å². The van der Waals surface area contributed by atoms with Gasteiger partial charge in [0.2, 0.25) is 31.8 Å². The zero-order valence-electron chi connectivity index (χ0n) is 19.4. The van der Waals surface area contributed by atoms with E-state index in [4.69, 9.17) is 37.1 Å². The minimum atomic E-state index is -4.10. The molecule has 0 spiro atoms. The summed E-state index contributed by atoms with van der Waals surface area (Å²) in [5.41, 5.74) is 0.528. The van der Waals surface area contributed by atoms with E-state index >= 15 is 0 Å². The van der Waals surface area contributed by atoms with E-state index in [2.05, 4.69) is 15.3 Å². The number of anilines is 1. The maximum absolute atomic E-state index is 13.5. The maximum Gasteiger partial charge on any atom is 0.236 e. The summed E-state index contributed by atoms with van der Waals surface area (Å²) in [6.07, 6.45) is 1.34. The molecule has 192 valence electrons. The molecule has 9 nitrogen and oxygen atoms in total. The van der Waals surface area contributed by atoms with E-state index < -0.39 is 15.7 Å². The molecule has 0 radical (unpaired) electrons. The minimum Gasteiger partial charge on any atom is -0.497 e. The van der Waals surface area contributed by atoms with Gasteiger partial charge in [0.25, 0.3) is 0 Å². The van der Waals surface area contributed by atoms with E-state index in [1.165, 1.54) is 50.7 Å². The van der Waals surface area contributed by atoms with E-state index in [9.17, 15) is 13.2 Å². The Morgan fingerprint density at radius 3 is 2.24 bits per heavy atom. The SMILES string of the molecule is COc1ccc(-c2nc(S(=O)(=O)c3ccc(OC)cc3)c(SCC(=O)Nc3ncc(Cl)cc3Cl)o2)cc1. The van der Waals surface area contributed by atoms with Crippen LogP contribution in [0, 0.1) is 0 Å². The maximum atomic E-state index is 13.5. The fourth-order valence-corrected chi connectivity index (χ4v) is 5.84. The third-order valence-corrected chi connectivity index (χ3v) is 8.18. The van der Waals surface area contributed by atoms with E-state index in [-0.39, 0.29) is 37.5 Å². The second-order valence-electron chi connectivity index (χ2n) is 7.34. The number of benzene rings is 2. The Hall–Kier alpha value is -3.25. The number of carbonyl (C=O) groups excluding carboxylic acids is 1. The molecule has 1 N–H and O–H groups in total. The van der Waals surface area contributed by atoms with Crippen LogP contribution in [0.15, 0.2) is 80.2 Å². The number of amides is 1. The van der Waals surface area contributed by atoms with Crippen molar-refractivity contribution in [1.29, 1.82) is 0 Å². The van der Waals surface area contributed by atoms with Gasteiger partial charge in [-0.1, -0.05) is 35.0 Å². The van der Waals surface area contributed by atoms with Gasteiger partial charge in [0, 0.05) is 11.8 Å². The van der Waals surface area contributed by atoms with E-state index in [0.717, 1.165) is 11.8 Å². The normalized spacial score (nSPS) is 11.2. The highest BCUT2D eigenvalue weighted by Crippen LogP contribution is 2.36. The molecular formula is C24H19Cl2N3O6S2. The number of pyridine rings is 1. The van der Waals surface area contributed by atoms with Crippen molar-refractivity contribution >= 4 is 56.5 Å². The molecular weight excluding hydrogens is 561 g/mol. The average Bonchev–Trinajstić information content (AvgIpc) is 3.34. The molecule has 0 fully saturated rings. The number of halogens is 2. The summed E-state index contributed by atoms with van der Waals surface area (Å²) in [7, 11) is -1.08. The number of hydrogen-bond donors (Lipinski definition) is 1. The van der Waals surface area contributed by atoms with Gasteiger partial charge in [-0.15, -0.1) is 0 Å². The highest BCUT2D eigenvalue weighted by molar-refractivity contribution is 8.00. The van der Waals surface area contributed by atoms with Crippen molar-refractivity contribution in [2.75, 3.05) is 25.3 Å². The van der Waals surface area contributed by atoms with Crippen LogP contribution in [-0.2, 0) is 14.6 Å². The van der Waals surface area contributed by atoms with Crippen molar-refractivity contribution in [3.63, 3.8) is 0 Å². The summed E-state index contributed by atoms with van der Waals surface area (Å²) in [6.45, 7) is 0. The van der Waals surface area contributed by atoms with Crippen LogP contribution in [0.5, 0.6) is 11.5 Å². The second kappa shape index (κ2) is 11.4. The molecule has 0 saturated heterocycles. The first-order valence-corrected chi connectivity index (χ1v) is 13.7. The van der Waals surface area contributed by atoms with Crippen molar-refractivity contribution < 1.29 is 27.1 Å². The summed E-state index contributed by atoms with van der Waals surface area (Å²) in [5.74, 6) is 0.611. The Kier molecular flexibility index (Phi) is 8.28. The third-order valence-electron chi connectivity index (χ3n) is 4.93. The number of aromatic nitrogens is 2. The first-order valence-electron chi connectivity index (χ1n) is 10.5. The van der Waals surface area contributed by atoms with Gasteiger partial charge in [-0.25, -0.2) is 13.4 Å². The molecule has 2 heterocycles. The number of ether oxygens (including phenoxy) is 2. The number of methoxy groups -OCH3 is 2. The van der Waals surface area contributed by atoms with Gasteiger partial charge in [-0.05, 0) is 54.6 Å². The lowest BCUT2D eigenvalue weighted by atomic mass is 10.2. The second-order valence-corrected chi connectivity index (χ2v) is 11.0. The molecule has 2 aromatic heterocycles. The fourth-order valence-electron chi connectivity index (χ4n) is 3.08. The summed E-state index contributed by atoms with van der Waals surface area (Å²) in [5, 5.41) is 2.68. The lowest BCUT2D eigenvalue weighted by Gasteiger charge is -2.07. The molecule has 37 heavy (non-hydrogen) atoms. The molecule has 2 aromatic carbocycles. The lowest BCUT2D eigenvalue weighted by molar-refractivity contribution is -0.113. The largest absolute Gasteiger partial charge is 0.497 e. The molecule has 0 saturated carbocycles. The van der Waals surface area contributed by atoms with Gasteiger partial charge in [-0.3, -0.25) is 4.79 Å². The monoisotopic (exact) mass is 579 g/mol. The van der Waals surface area contributed by atoms with Gasteiger partial charge in [0.05, 0.1) is 34.9 Å². The Bertz CT molecular complexity index is 1530. The number of rotatable bonds is 9. The van der Waals surface area contributed by atoms with Gasteiger partial charge < -0.3 is 19.2 Å². The molecule has 0 bridgehead atoms.